The zero-order chi connectivity index (χ0) is 12.7. The van der Waals surface area contributed by atoms with Gasteiger partial charge in [-0.2, -0.15) is 0 Å². The Morgan fingerprint density at radius 3 is 3.00 bits per heavy atom. The molecule has 18 heavy (non-hydrogen) atoms. The Balaban J connectivity index is 1.83. The van der Waals surface area contributed by atoms with Crippen molar-refractivity contribution in [3.63, 3.8) is 0 Å². The lowest BCUT2D eigenvalue weighted by atomic mass is 9.89. The van der Waals surface area contributed by atoms with E-state index in [4.69, 9.17) is 14.9 Å². The Morgan fingerprint density at radius 1 is 1.50 bits per heavy atom. The highest BCUT2D eigenvalue weighted by Gasteiger charge is 2.29. The van der Waals surface area contributed by atoms with Gasteiger partial charge in [0, 0.05) is 19.2 Å². The lowest BCUT2D eigenvalue weighted by Crippen LogP contribution is -2.40. The number of aromatic nitrogens is 1. The largest absolute Gasteiger partial charge is 0.417 e. The van der Waals surface area contributed by atoms with Gasteiger partial charge in [-0.05, 0) is 18.9 Å². The summed E-state index contributed by atoms with van der Waals surface area (Å²) in [5.74, 6) is -0.468. The summed E-state index contributed by atoms with van der Waals surface area (Å²) in [7, 11) is 1.72. The summed E-state index contributed by atoms with van der Waals surface area (Å²) in [4.78, 5) is 13.7. The van der Waals surface area contributed by atoms with Crippen molar-refractivity contribution in [1.29, 1.82) is 0 Å². The average Bonchev–Trinajstić information content (AvgIpc) is 2.62. The van der Waals surface area contributed by atoms with Crippen molar-refractivity contribution in [2.45, 2.75) is 25.0 Å². The summed E-state index contributed by atoms with van der Waals surface area (Å²) in [6, 6.07) is 3.82. The maximum atomic E-state index is 11.1. The molecule has 0 amide bonds. The summed E-state index contributed by atoms with van der Waals surface area (Å²) in [5.41, 5.74) is 8.44. The molecule has 6 nitrogen and oxygen atoms in total. The van der Waals surface area contributed by atoms with Crippen molar-refractivity contribution in [3.05, 3.63) is 22.7 Å². The number of hydrogen-bond donors (Lipinski definition) is 3. The van der Waals surface area contributed by atoms with Crippen molar-refractivity contribution in [2.75, 3.05) is 18.2 Å². The van der Waals surface area contributed by atoms with E-state index in [1.807, 2.05) is 0 Å². The number of H-pyrrole nitrogens is 1. The van der Waals surface area contributed by atoms with Gasteiger partial charge < -0.3 is 20.2 Å². The van der Waals surface area contributed by atoms with Gasteiger partial charge in [0.15, 0.2) is 5.58 Å². The fraction of sp³-hybridized carbons (Fsp3) is 0.417. The second-order valence-electron chi connectivity index (χ2n) is 4.62. The van der Waals surface area contributed by atoms with Gasteiger partial charge in [0.2, 0.25) is 0 Å². The Bertz CT molecular complexity index is 625. The first kappa shape index (κ1) is 11.2. The van der Waals surface area contributed by atoms with E-state index in [1.165, 1.54) is 0 Å². The molecular weight excluding hydrogens is 234 g/mol. The molecule has 3 rings (SSSR count). The van der Waals surface area contributed by atoms with Gasteiger partial charge in [-0.25, -0.2) is 4.79 Å². The minimum absolute atomic E-state index is 0.334. The van der Waals surface area contributed by atoms with Crippen LogP contribution in [0.1, 0.15) is 12.8 Å². The first-order valence-corrected chi connectivity index (χ1v) is 5.87. The minimum atomic E-state index is -0.468. The Morgan fingerprint density at radius 2 is 2.28 bits per heavy atom. The molecule has 1 heterocycles. The van der Waals surface area contributed by atoms with Crippen molar-refractivity contribution in [2.24, 2.45) is 0 Å². The number of aromatic amines is 1. The van der Waals surface area contributed by atoms with Gasteiger partial charge in [-0.1, -0.05) is 0 Å². The molecule has 2 aromatic rings. The molecular formula is C12H15N3O3. The molecule has 0 aliphatic heterocycles. The van der Waals surface area contributed by atoms with Crippen LogP contribution in [0.25, 0.3) is 11.1 Å². The van der Waals surface area contributed by atoms with Crippen molar-refractivity contribution >= 4 is 22.5 Å². The third-order valence-electron chi connectivity index (χ3n) is 3.38. The Hall–Kier alpha value is -1.95. The van der Waals surface area contributed by atoms with Gasteiger partial charge in [0.1, 0.15) is 0 Å². The predicted molar refractivity (Wildman–Crippen MR) is 68.7 cm³/mol. The van der Waals surface area contributed by atoms with Crippen LogP contribution in [-0.4, -0.2) is 24.2 Å². The molecule has 0 atom stereocenters. The molecule has 1 aromatic carbocycles. The SMILES string of the molecule is COC1CC(Nc2cc3[nH]c(=O)oc3cc2N)C1. The van der Waals surface area contributed by atoms with Crippen molar-refractivity contribution in [3.8, 4) is 0 Å². The van der Waals surface area contributed by atoms with Gasteiger partial charge in [-0.3, -0.25) is 4.98 Å². The number of anilines is 2. The molecule has 0 radical (unpaired) electrons. The van der Waals surface area contributed by atoms with Gasteiger partial charge in [0.05, 0.1) is 23.0 Å². The number of nitrogens with two attached hydrogens (primary N) is 1. The minimum Gasteiger partial charge on any atom is -0.408 e. The van der Waals surface area contributed by atoms with Crippen LogP contribution in [0.15, 0.2) is 21.3 Å². The summed E-state index contributed by atoms with van der Waals surface area (Å²) < 4.78 is 10.2. The smallest absolute Gasteiger partial charge is 0.408 e. The maximum Gasteiger partial charge on any atom is 0.417 e. The van der Waals surface area contributed by atoms with E-state index >= 15 is 0 Å². The maximum absolute atomic E-state index is 11.1. The molecule has 0 bridgehead atoms. The van der Waals surface area contributed by atoms with Crippen molar-refractivity contribution in [1.82, 2.24) is 4.98 Å². The van der Waals surface area contributed by atoms with E-state index < -0.39 is 5.76 Å². The number of hydrogen-bond acceptors (Lipinski definition) is 5. The first-order valence-electron chi connectivity index (χ1n) is 5.87. The quantitative estimate of drug-likeness (QED) is 0.713. The second-order valence-corrected chi connectivity index (χ2v) is 4.62. The molecule has 6 heteroatoms. The third kappa shape index (κ3) is 1.84. The molecule has 1 aromatic heterocycles. The number of methoxy groups -OCH3 is 1. The molecule has 0 spiro atoms. The number of ether oxygens (including phenoxy) is 1. The van der Waals surface area contributed by atoms with Crippen molar-refractivity contribution < 1.29 is 9.15 Å². The molecule has 96 valence electrons. The normalized spacial score (nSPS) is 22.9. The van der Waals surface area contributed by atoms with E-state index in [9.17, 15) is 4.79 Å². The molecule has 1 aliphatic rings. The van der Waals surface area contributed by atoms with Crippen LogP contribution in [0.5, 0.6) is 0 Å². The van der Waals surface area contributed by atoms with E-state index in [0.29, 0.717) is 28.9 Å². The molecule has 0 saturated heterocycles. The lowest BCUT2D eigenvalue weighted by molar-refractivity contribution is 0.0329. The zero-order valence-electron chi connectivity index (χ0n) is 10.0. The second kappa shape index (κ2) is 4.06. The van der Waals surface area contributed by atoms with Gasteiger partial charge in [-0.15, -0.1) is 0 Å². The number of benzene rings is 1. The van der Waals surface area contributed by atoms with E-state index in [1.54, 1.807) is 19.2 Å². The monoisotopic (exact) mass is 249 g/mol. The zero-order valence-corrected chi connectivity index (χ0v) is 10.0. The molecule has 0 unspecified atom stereocenters. The number of oxazole rings is 1. The fourth-order valence-corrected chi connectivity index (χ4v) is 2.23. The summed E-state index contributed by atoms with van der Waals surface area (Å²) in [6.45, 7) is 0. The lowest BCUT2D eigenvalue weighted by Gasteiger charge is -2.35. The fourth-order valence-electron chi connectivity index (χ4n) is 2.23. The number of nitrogen functional groups attached to an aromatic ring is 1. The molecule has 1 aliphatic carbocycles. The predicted octanol–water partition coefficient (Wildman–Crippen LogP) is 1.29. The summed E-state index contributed by atoms with van der Waals surface area (Å²) in [5, 5.41) is 3.34. The van der Waals surface area contributed by atoms with E-state index in [0.717, 1.165) is 18.5 Å². The van der Waals surface area contributed by atoms with Crippen LogP contribution in [0.4, 0.5) is 11.4 Å². The summed E-state index contributed by atoms with van der Waals surface area (Å²) >= 11 is 0. The van der Waals surface area contributed by atoms with Crippen LogP contribution in [0.3, 0.4) is 0 Å². The van der Waals surface area contributed by atoms with Crippen LogP contribution < -0.4 is 16.8 Å². The number of fused-ring (bicyclic) bond motifs is 1. The first-order chi connectivity index (χ1) is 8.65. The van der Waals surface area contributed by atoms with Crippen LogP contribution in [0.2, 0.25) is 0 Å². The van der Waals surface area contributed by atoms with Crippen LogP contribution in [-0.2, 0) is 4.74 Å². The molecule has 1 saturated carbocycles. The molecule has 1 fully saturated rings. The van der Waals surface area contributed by atoms with E-state index in [2.05, 4.69) is 10.3 Å². The van der Waals surface area contributed by atoms with Crippen LogP contribution >= 0.6 is 0 Å². The van der Waals surface area contributed by atoms with E-state index in [-0.39, 0.29) is 0 Å². The molecule has 4 N–H and O–H groups in total. The van der Waals surface area contributed by atoms with Gasteiger partial charge in [0.25, 0.3) is 0 Å². The Labute approximate surface area is 103 Å². The number of rotatable bonds is 3. The highest BCUT2D eigenvalue weighted by molar-refractivity contribution is 5.85. The number of nitrogens with one attached hydrogen (secondary N) is 2. The summed E-state index contributed by atoms with van der Waals surface area (Å²) in [6.07, 6.45) is 2.27. The highest BCUT2D eigenvalue weighted by Crippen LogP contribution is 2.30. The standard InChI is InChI=1S/C12H15N3O3/c1-17-7-2-6(3-7)14-9-5-10-11(4-8(9)13)18-12(16)15-10/h4-7,14H,2-3,13H2,1H3,(H,15,16). The van der Waals surface area contributed by atoms with Gasteiger partial charge >= 0.3 is 5.76 Å². The average molecular weight is 249 g/mol. The Kier molecular flexibility index (Phi) is 2.52. The third-order valence-corrected chi connectivity index (χ3v) is 3.38. The topological polar surface area (TPSA) is 93.3 Å². The van der Waals surface area contributed by atoms with Crippen LogP contribution in [0, 0.1) is 0 Å². The highest BCUT2D eigenvalue weighted by atomic mass is 16.5.